The molecule has 0 spiro atoms. The monoisotopic (exact) mass is 319 g/mol. The number of benzene rings is 2. The van der Waals surface area contributed by atoms with Gasteiger partial charge < -0.3 is 4.90 Å². The summed E-state index contributed by atoms with van der Waals surface area (Å²) in [4.78, 5) is 26.6. The summed E-state index contributed by atoms with van der Waals surface area (Å²) in [5.74, 6) is 0.238. The molecule has 0 aliphatic carbocycles. The molecule has 1 heterocycles. The van der Waals surface area contributed by atoms with E-state index in [1.165, 1.54) is 0 Å². The summed E-state index contributed by atoms with van der Waals surface area (Å²) in [5.41, 5.74) is 1.78. The molecule has 3 nitrogen and oxygen atoms in total. The highest BCUT2D eigenvalue weighted by Gasteiger charge is 2.27. The van der Waals surface area contributed by atoms with Gasteiger partial charge in [0, 0.05) is 30.6 Å². The Morgan fingerprint density at radius 1 is 0.875 bits per heavy atom. The minimum atomic E-state index is 0.0180. The Kier molecular flexibility index (Phi) is 5.22. The highest BCUT2D eigenvalue weighted by molar-refractivity contribution is 5.98. The number of rotatable bonds is 4. The van der Waals surface area contributed by atoms with Crippen molar-refractivity contribution in [1.82, 2.24) is 4.90 Å². The normalized spacial score (nSPS) is 15.6. The van der Waals surface area contributed by atoms with Crippen LogP contribution >= 0.6 is 0 Å². The first-order chi connectivity index (χ1) is 11.7. The smallest absolute Gasteiger partial charge is 0.246 e. The number of likely N-dealkylation sites (tertiary alicyclic amines) is 1. The average Bonchev–Trinajstić information content (AvgIpc) is 2.67. The lowest BCUT2D eigenvalue weighted by atomic mass is 9.89. The van der Waals surface area contributed by atoms with Crippen LogP contribution in [0.1, 0.15) is 28.8 Å². The summed E-state index contributed by atoms with van der Waals surface area (Å²) < 4.78 is 0. The quantitative estimate of drug-likeness (QED) is 0.634. The Labute approximate surface area is 142 Å². The summed E-state index contributed by atoms with van der Waals surface area (Å²) in [6, 6.07) is 19.2. The minimum Gasteiger partial charge on any atom is -0.339 e. The van der Waals surface area contributed by atoms with Crippen molar-refractivity contribution in [3.63, 3.8) is 0 Å². The molecule has 0 atom stereocenters. The maximum absolute atomic E-state index is 12.5. The van der Waals surface area contributed by atoms with Crippen molar-refractivity contribution in [2.45, 2.75) is 12.8 Å². The van der Waals surface area contributed by atoms with E-state index in [0.717, 1.165) is 24.0 Å². The average molecular weight is 319 g/mol. The standard InChI is InChI=1S/C21H21NO2/c23-20(12-11-17-7-3-1-4-8-17)22-15-13-19(14-16-22)21(24)18-9-5-2-6-10-18/h1-12,19H,13-16H2. The largest absolute Gasteiger partial charge is 0.339 e. The van der Waals surface area contributed by atoms with Gasteiger partial charge in [-0.2, -0.15) is 0 Å². The highest BCUT2D eigenvalue weighted by Crippen LogP contribution is 2.22. The molecule has 1 aliphatic rings. The molecule has 1 amide bonds. The Morgan fingerprint density at radius 3 is 2.08 bits per heavy atom. The van der Waals surface area contributed by atoms with Gasteiger partial charge in [0.15, 0.2) is 5.78 Å². The van der Waals surface area contributed by atoms with Crippen molar-refractivity contribution < 1.29 is 9.59 Å². The van der Waals surface area contributed by atoms with E-state index in [-0.39, 0.29) is 17.6 Å². The molecule has 1 aliphatic heterocycles. The zero-order valence-electron chi connectivity index (χ0n) is 13.6. The molecule has 0 aromatic heterocycles. The number of nitrogens with zero attached hydrogens (tertiary/aromatic N) is 1. The first-order valence-corrected chi connectivity index (χ1v) is 8.35. The first kappa shape index (κ1) is 16.2. The number of ketones is 1. The molecule has 1 fully saturated rings. The lowest BCUT2D eigenvalue weighted by Crippen LogP contribution is -2.39. The SMILES string of the molecule is O=C(c1ccccc1)C1CCN(C(=O)C=Cc2ccccc2)CC1. The first-order valence-electron chi connectivity index (χ1n) is 8.35. The van der Waals surface area contributed by atoms with Crippen LogP contribution in [0.2, 0.25) is 0 Å². The van der Waals surface area contributed by atoms with Crippen LogP contribution in [-0.2, 0) is 4.79 Å². The zero-order valence-corrected chi connectivity index (χ0v) is 13.6. The van der Waals surface area contributed by atoms with E-state index in [0.29, 0.717) is 13.1 Å². The maximum atomic E-state index is 12.5. The second-order valence-electron chi connectivity index (χ2n) is 6.07. The highest BCUT2D eigenvalue weighted by atomic mass is 16.2. The van der Waals surface area contributed by atoms with Crippen LogP contribution in [0.15, 0.2) is 66.7 Å². The van der Waals surface area contributed by atoms with Gasteiger partial charge >= 0.3 is 0 Å². The van der Waals surface area contributed by atoms with Crippen LogP contribution in [0.4, 0.5) is 0 Å². The molecule has 24 heavy (non-hydrogen) atoms. The van der Waals surface area contributed by atoms with E-state index < -0.39 is 0 Å². The molecule has 3 heteroatoms. The van der Waals surface area contributed by atoms with Gasteiger partial charge in [-0.1, -0.05) is 60.7 Å². The van der Waals surface area contributed by atoms with Crippen LogP contribution in [0, 0.1) is 5.92 Å². The topological polar surface area (TPSA) is 37.4 Å². The van der Waals surface area contributed by atoms with Gasteiger partial charge in [-0.3, -0.25) is 9.59 Å². The molecule has 0 radical (unpaired) electrons. The summed E-state index contributed by atoms with van der Waals surface area (Å²) >= 11 is 0. The van der Waals surface area contributed by atoms with Crippen LogP contribution < -0.4 is 0 Å². The van der Waals surface area contributed by atoms with E-state index in [2.05, 4.69) is 0 Å². The van der Waals surface area contributed by atoms with E-state index in [9.17, 15) is 9.59 Å². The zero-order chi connectivity index (χ0) is 16.8. The summed E-state index contributed by atoms with van der Waals surface area (Å²) in [6.07, 6.45) is 4.93. The van der Waals surface area contributed by atoms with Crippen LogP contribution in [0.5, 0.6) is 0 Å². The van der Waals surface area contributed by atoms with Gasteiger partial charge in [-0.05, 0) is 24.5 Å². The Balaban J connectivity index is 1.54. The number of piperidine rings is 1. The number of Topliss-reactive ketones (excluding diaryl/α,β-unsaturated/α-hetero) is 1. The van der Waals surface area contributed by atoms with Crippen molar-refractivity contribution >= 4 is 17.8 Å². The van der Waals surface area contributed by atoms with Crippen LogP contribution in [0.3, 0.4) is 0 Å². The second kappa shape index (κ2) is 7.73. The minimum absolute atomic E-state index is 0.0180. The molecule has 2 aromatic rings. The number of carbonyl (C=O) groups excluding carboxylic acids is 2. The van der Waals surface area contributed by atoms with E-state index in [4.69, 9.17) is 0 Å². The van der Waals surface area contributed by atoms with Crippen molar-refractivity contribution in [1.29, 1.82) is 0 Å². The molecule has 2 aromatic carbocycles. The summed E-state index contributed by atoms with van der Waals surface area (Å²) in [6.45, 7) is 1.28. The molecule has 122 valence electrons. The van der Waals surface area contributed by atoms with Crippen molar-refractivity contribution in [3.8, 4) is 0 Å². The Bertz CT molecular complexity index is 714. The van der Waals surface area contributed by atoms with Crippen molar-refractivity contribution in [2.24, 2.45) is 5.92 Å². The number of hydrogen-bond donors (Lipinski definition) is 0. The van der Waals surface area contributed by atoms with E-state index >= 15 is 0 Å². The second-order valence-corrected chi connectivity index (χ2v) is 6.07. The Hall–Kier alpha value is -2.68. The van der Waals surface area contributed by atoms with Gasteiger partial charge in [0.1, 0.15) is 0 Å². The number of hydrogen-bond acceptors (Lipinski definition) is 2. The predicted octanol–water partition coefficient (Wildman–Crippen LogP) is 3.82. The Morgan fingerprint density at radius 2 is 1.46 bits per heavy atom. The fourth-order valence-electron chi connectivity index (χ4n) is 3.04. The van der Waals surface area contributed by atoms with E-state index in [1.54, 1.807) is 6.08 Å². The summed E-state index contributed by atoms with van der Waals surface area (Å²) in [5, 5.41) is 0. The van der Waals surface area contributed by atoms with Crippen molar-refractivity contribution in [3.05, 3.63) is 77.9 Å². The van der Waals surface area contributed by atoms with Crippen molar-refractivity contribution in [2.75, 3.05) is 13.1 Å². The van der Waals surface area contributed by atoms with Gasteiger partial charge in [0.05, 0.1) is 0 Å². The van der Waals surface area contributed by atoms with Crippen LogP contribution in [0.25, 0.3) is 6.08 Å². The molecule has 0 N–H and O–H groups in total. The summed E-state index contributed by atoms with van der Waals surface area (Å²) in [7, 11) is 0. The van der Waals surface area contributed by atoms with E-state index in [1.807, 2.05) is 71.6 Å². The lowest BCUT2D eigenvalue weighted by Gasteiger charge is -2.30. The van der Waals surface area contributed by atoms with Gasteiger partial charge in [-0.25, -0.2) is 0 Å². The van der Waals surface area contributed by atoms with Gasteiger partial charge in [0.2, 0.25) is 5.91 Å². The molecule has 1 saturated heterocycles. The third kappa shape index (κ3) is 3.99. The maximum Gasteiger partial charge on any atom is 0.246 e. The fraction of sp³-hybridized carbons (Fsp3) is 0.238. The van der Waals surface area contributed by atoms with Gasteiger partial charge in [-0.15, -0.1) is 0 Å². The third-order valence-corrected chi connectivity index (χ3v) is 4.45. The number of amides is 1. The molecule has 0 saturated carbocycles. The fourth-order valence-corrected chi connectivity index (χ4v) is 3.04. The third-order valence-electron chi connectivity index (χ3n) is 4.45. The molecule has 3 rings (SSSR count). The lowest BCUT2D eigenvalue weighted by molar-refractivity contribution is -0.127. The van der Waals surface area contributed by atoms with Crippen LogP contribution in [-0.4, -0.2) is 29.7 Å². The predicted molar refractivity (Wildman–Crippen MR) is 95.6 cm³/mol. The molecular formula is C21H21NO2. The molecular weight excluding hydrogens is 298 g/mol. The number of carbonyl (C=O) groups is 2. The molecule has 0 unspecified atom stereocenters. The molecule has 0 bridgehead atoms. The van der Waals surface area contributed by atoms with Gasteiger partial charge in [0.25, 0.3) is 0 Å².